The van der Waals surface area contributed by atoms with Crippen LogP contribution < -0.4 is 4.90 Å². The molecule has 0 aliphatic heterocycles. The van der Waals surface area contributed by atoms with Crippen LogP contribution in [0.4, 0.5) is 17.1 Å². The highest BCUT2D eigenvalue weighted by Gasteiger charge is 2.35. The van der Waals surface area contributed by atoms with Crippen LogP contribution in [0.3, 0.4) is 0 Å². The van der Waals surface area contributed by atoms with E-state index in [1.165, 1.54) is 88.7 Å². The number of nitrogens with zero attached hydrogens (tertiary/aromatic N) is 1. The van der Waals surface area contributed by atoms with Crippen molar-refractivity contribution in [2.45, 2.75) is 19.3 Å². The molecule has 1 heteroatoms. The van der Waals surface area contributed by atoms with Crippen molar-refractivity contribution >= 4 is 27.8 Å². The van der Waals surface area contributed by atoms with Gasteiger partial charge in [-0.15, -0.1) is 0 Å². The van der Waals surface area contributed by atoms with Gasteiger partial charge >= 0.3 is 0 Å². The van der Waals surface area contributed by atoms with Crippen LogP contribution in [0.2, 0.25) is 0 Å². The lowest BCUT2D eigenvalue weighted by atomic mass is 9.81. The summed E-state index contributed by atoms with van der Waals surface area (Å²) in [4.78, 5) is 2.41. The maximum absolute atomic E-state index is 2.41. The van der Waals surface area contributed by atoms with Crippen LogP contribution in [-0.2, 0) is 5.41 Å². The predicted molar refractivity (Wildman–Crippen MR) is 263 cm³/mol. The summed E-state index contributed by atoms with van der Waals surface area (Å²) in [6, 6.07) is 86.5. The van der Waals surface area contributed by atoms with E-state index in [0.29, 0.717) is 0 Å². The molecule has 10 aromatic rings. The molecule has 0 atom stereocenters. The topological polar surface area (TPSA) is 3.24 Å². The Morgan fingerprint density at radius 1 is 0.290 bits per heavy atom. The smallest absolute Gasteiger partial charge is 0.0540 e. The largest absolute Gasteiger partial charge is 0.310 e. The minimum Gasteiger partial charge on any atom is -0.310 e. The Morgan fingerprint density at radius 2 is 0.742 bits per heavy atom. The van der Waals surface area contributed by atoms with Gasteiger partial charge in [0.25, 0.3) is 0 Å². The lowest BCUT2D eigenvalue weighted by Gasteiger charge is -2.28. The molecule has 10 aromatic carbocycles. The van der Waals surface area contributed by atoms with E-state index in [0.717, 1.165) is 17.1 Å². The van der Waals surface area contributed by atoms with Crippen LogP contribution in [0.1, 0.15) is 25.0 Å². The van der Waals surface area contributed by atoms with Crippen LogP contribution in [0.5, 0.6) is 0 Å². The molecule has 0 fully saturated rings. The lowest BCUT2D eigenvalue weighted by molar-refractivity contribution is 0.660. The zero-order valence-electron chi connectivity index (χ0n) is 35.0. The van der Waals surface area contributed by atoms with E-state index in [1.807, 2.05) is 0 Å². The van der Waals surface area contributed by atoms with Crippen LogP contribution >= 0.6 is 0 Å². The summed E-state index contributed by atoms with van der Waals surface area (Å²) < 4.78 is 0. The Hall–Kier alpha value is -7.74. The van der Waals surface area contributed by atoms with E-state index in [-0.39, 0.29) is 5.41 Å². The van der Waals surface area contributed by atoms with Gasteiger partial charge in [-0.2, -0.15) is 0 Å². The number of hydrogen-bond acceptors (Lipinski definition) is 1. The van der Waals surface area contributed by atoms with Gasteiger partial charge < -0.3 is 4.90 Å². The second-order valence-corrected chi connectivity index (χ2v) is 16.9. The molecule has 0 radical (unpaired) electrons. The van der Waals surface area contributed by atoms with E-state index < -0.39 is 0 Å². The molecular formula is C61H45N. The molecule has 0 heterocycles. The van der Waals surface area contributed by atoms with Crippen molar-refractivity contribution in [3.63, 3.8) is 0 Å². The fourth-order valence-electron chi connectivity index (χ4n) is 9.67. The highest BCUT2D eigenvalue weighted by Crippen LogP contribution is 2.50. The van der Waals surface area contributed by atoms with Crippen molar-refractivity contribution in [1.29, 1.82) is 0 Å². The Kier molecular flexibility index (Phi) is 9.24. The van der Waals surface area contributed by atoms with Crippen molar-refractivity contribution in [2.24, 2.45) is 0 Å². The molecular weight excluding hydrogens is 747 g/mol. The highest BCUT2D eigenvalue weighted by molar-refractivity contribution is 5.97. The third-order valence-electron chi connectivity index (χ3n) is 12.9. The monoisotopic (exact) mass is 791 g/mol. The van der Waals surface area contributed by atoms with Crippen LogP contribution in [0, 0.1) is 0 Å². The molecule has 294 valence electrons. The van der Waals surface area contributed by atoms with Gasteiger partial charge in [-0.3, -0.25) is 0 Å². The minimum absolute atomic E-state index is 0.0520. The minimum atomic E-state index is -0.0520. The third-order valence-corrected chi connectivity index (χ3v) is 12.9. The van der Waals surface area contributed by atoms with Crippen LogP contribution in [0.25, 0.3) is 77.5 Å². The standard InChI is InChI=1S/C61H45N/c1-61(2)58-27-10-8-25-56(58)57-38-33-48(41-59(57)61)44-31-36-52(37-32-44)62(60-28-11-9-24-55(60)50-22-13-19-46(40-50)42-15-4-3-5-16-42)51-34-29-43(30-35-51)47-20-12-21-49(39-47)54-26-14-18-45-17-6-7-23-53(45)54/h3-41H,1-2H3. The SMILES string of the molecule is CC1(C)c2ccccc2-c2ccc(-c3ccc(N(c4ccc(-c5cccc(-c6cccc7ccccc67)c5)cc4)c4ccccc4-c4cccc(-c5ccccc5)c4)cc3)cc21. The summed E-state index contributed by atoms with van der Waals surface area (Å²) in [5.74, 6) is 0. The van der Waals surface area contributed by atoms with Gasteiger partial charge in [-0.05, 0) is 132 Å². The molecule has 1 aliphatic rings. The third kappa shape index (κ3) is 6.60. The summed E-state index contributed by atoms with van der Waals surface area (Å²) in [7, 11) is 0. The quantitative estimate of drug-likeness (QED) is 0.148. The maximum Gasteiger partial charge on any atom is 0.0540 e. The van der Waals surface area contributed by atoms with Gasteiger partial charge in [0, 0.05) is 22.4 Å². The molecule has 0 bridgehead atoms. The van der Waals surface area contributed by atoms with E-state index in [1.54, 1.807) is 0 Å². The first kappa shape index (κ1) is 37.3. The van der Waals surface area contributed by atoms with Gasteiger partial charge in [-0.25, -0.2) is 0 Å². The first-order valence-electron chi connectivity index (χ1n) is 21.6. The Morgan fingerprint density at radius 3 is 1.45 bits per heavy atom. The lowest BCUT2D eigenvalue weighted by Crippen LogP contribution is -2.14. The molecule has 0 N–H and O–H groups in total. The molecule has 0 spiro atoms. The summed E-state index contributed by atoms with van der Waals surface area (Å²) in [6.07, 6.45) is 0. The molecule has 0 unspecified atom stereocenters. The number of rotatable bonds is 8. The van der Waals surface area contributed by atoms with Crippen LogP contribution in [-0.4, -0.2) is 0 Å². The van der Waals surface area contributed by atoms with Crippen molar-refractivity contribution in [2.75, 3.05) is 4.90 Å². The Balaban J connectivity index is 0.992. The number of benzene rings is 10. The zero-order chi connectivity index (χ0) is 41.6. The van der Waals surface area contributed by atoms with Gasteiger partial charge in [0.1, 0.15) is 0 Å². The zero-order valence-corrected chi connectivity index (χ0v) is 35.0. The van der Waals surface area contributed by atoms with Gasteiger partial charge in [-0.1, -0.05) is 202 Å². The second-order valence-electron chi connectivity index (χ2n) is 16.9. The molecule has 11 rings (SSSR count). The van der Waals surface area contributed by atoms with Gasteiger partial charge in [0.2, 0.25) is 0 Å². The summed E-state index contributed by atoms with van der Waals surface area (Å²) in [5.41, 5.74) is 20.7. The number of fused-ring (bicyclic) bond motifs is 4. The van der Waals surface area contributed by atoms with E-state index in [4.69, 9.17) is 0 Å². The van der Waals surface area contributed by atoms with Gasteiger partial charge in [0.05, 0.1) is 5.69 Å². The normalized spacial score (nSPS) is 12.5. The summed E-state index contributed by atoms with van der Waals surface area (Å²) in [6.45, 7) is 4.70. The average Bonchev–Trinajstić information content (AvgIpc) is 3.57. The first-order valence-corrected chi connectivity index (χ1v) is 21.6. The number of hydrogen-bond donors (Lipinski definition) is 0. The molecule has 1 nitrogen and oxygen atoms in total. The van der Waals surface area contributed by atoms with Gasteiger partial charge in [0.15, 0.2) is 0 Å². The Bertz CT molecular complexity index is 3240. The van der Waals surface area contributed by atoms with E-state index in [9.17, 15) is 0 Å². The maximum atomic E-state index is 2.41. The molecule has 0 aromatic heterocycles. The van der Waals surface area contributed by atoms with Crippen molar-refractivity contribution in [3.8, 4) is 66.8 Å². The molecule has 0 amide bonds. The molecule has 62 heavy (non-hydrogen) atoms. The second kappa shape index (κ2) is 15.4. The highest BCUT2D eigenvalue weighted by atomic mass is 15.1. The summed E-state index contributed by atoms with van der Waals surface area (Å²) in [5, 5.41) is 2.52. The fraction of sp³-hybridized carbons (Fsp3) is 0.0492. The van der Waals surface area contributed by atoms with Crippen molar-refractivity contribution in [1.82, 2.24) is 0 Å². The average molecular weight is 792 g/mol. The number of para-hydroxylation sites is 1. The van der Waals surface area contributed by atoms with Crippen molar-refractivity contribution < 1.29 is 0 Å². The molecule has 0 saturated heterocycles. The summed E-state index contributed by atoms with van der Waals surface area (Å²) >= 11 is 0. The fourth-order valence-corrected chi connectivity index (χ4v) is 9.67. The van der Waals surface area contributed by atoms with E-state index >= 15 is 0 Å². The molecule has 0 saturated carbocycles. The molecule has 1 aliphatic carbocycles. The first-order chi connectivity index (χ1) is 30.5. The van der Waals surface area contributed by atoms with Crippen molar-refractivity contribution in [3.05, 3.63) is 248 Å². The predicted octanol–water partition coefficient (Wildman–Crippen LogP) is 17.0. The Labute approximate surface area is 364 Å². The van der Waals surface area contributed by atoms with Crippen LogP contribution in [0.15, 0.2) is 237 Å². The van der Waals surface area contributed by atoms with E-state index in [2.05, 4.69) is 255 Å². The number of anilines is 3.